The summed E-state index contributed by atoms with van der Waals surface area (Å²) in [6.07, 6.45) is 5.60. The van der Waals surface area contributed by atoms with Crippen LogP contribution in [0.4, 0.5) is 11.4 Å². The summed E-state index contributed by atoms with van der Waals surface area (Å²) in [4.78, 5) is 41.5. The molecular weight excluding hydrogens is 572 g/mol. The van der Waals surface area contributed by atoms with Gasteiger partial charge in [-0.15, -0.1) is 11.8 Å². The minimum absolute atomic E-state index is 0.113. The molecule has 0 unspecified atom stereocenters. The van der Waals surface area contributed by atoms with Crippen LogP contribution in [-0.2, 0) is 20.7 Å². The molecule has 0 aromatic heterocycles. The number of benzene rings is 4. The van der Waals surface area contributed by atoms with Gasteiger partial charge in [0.25, 0.3) is 5.91 Å². The summed E-state index contributed by atoms with van der Waals surface area (Å²) in [5, 5.41) is 3.23. The van der Waals surface area contributed by atoms with Crippen molar-refractivity contribution in [1.82, 2.24) is 0 Å². The average Bonchev–Trinajstić information content (AvgIpc) is 3.07. The summed E-state index contributed by atoms with van der Waals surface area (Å²) < 4.78 is 11.1. The molecule has 0 bridgehead atoms. The van der Waals surface area contributed by atoms with Gasteiger partial charge in [0, 0.05) is 33.8 Å². The minimum Gasteiger partial charge on any atom is -0.492 e. The minimum atomic E-state index is -0.722. The number of rotatable bonds is 14. The van der Waals surface area contributed by atoms with Gasteiger partial charge in [-0.05, 0) is 67.3 Å². The van der Waals surface area contributed by atoms with Crippen LogP contribution < -0.4 is 15.0 Å². The second-order valence-corrected chi connectivity index (χ2v) is 10.7. The van der Waals surface area contributed by atoms with Crippen LogP contribution >= 0.6 is 11.8 Å². The van der Waals surface area contributed by atoms with Gasteiger partial charge in [-0.3, -0.25) is 9.59 Å². The molecule has 1 amide bonds. The molecule has 4 rings (SSSR count). The second kappa shape index (κ2) is 16.1. The Morgan fingerprint density at radius 3 is 2.34 bits per heavy atom. The zero-order chi connectivity index (χ0) is 31.3. The number of methoxy groups -OCH3 is 1. The summed E-state index contributed by atoms with van der Waals surface area (Å²) in [5.74, 6) is -0.0463. The lowest BCUT2D eigenvalue weighted by atomic mass is 10.00. The van der Waals surface area contributed by atoms with Crippen molar-refractivity contribution in [3.63, 3.8) is 0 Å². The van der Waals surface area contributed by atoms with Crippen LogP contribution in [0.25, 0.3) is 0 Å². The molecule has 8 heteroatoms. The Morgan fingerprint density at radius 2 is 1.64 bits per heavy atom. The van der Waals surface area contributed by atoms with Crippen LogP contribution in [0.5, 0.6) is 5.75 Å². The van der Waals surface area contributed by atoms with Gasteiger partial charge in [-0.2, -0.15) is 0 Å². The van der Waals surface area contributed by atoms with Crippen LogP contribution in [0.3, 0.4) is 0 Å². The van der Waals surface area contributed by atoms with Gasteiger partial charge in [0.05, 0.1) is 13.7 Å². The molecule has 0 aliphatic carbocycles. The van der Waals surface area contributed by atoms with E-state index in [1.54, 1.807) is 59.1 Å². The number of anilines is 2. The van der Waals surface area contributed by atoms with Crippen molar-refractivity contribution < 1.29 is 23.9 Å². The van der Waals surface area contributed by atoms with Gasteiger partial charge in [0.15, 0.2) is 5.78 Å². The Morgan fingerprint density at radius 1 is 0.909 bits per heavy atom. The highest BCUT2D eigenvalue weighted by molar-refractivity contribution is 7.98. The largest absolute Gasteiger partial charge is 0.492 e. The van der Waals surface area contributed by atoms with E-state index >= 15 is 0 Å². The van der Waals surface area contributed by atoms with Crippen LogP contribution in [0.15, 0.2) is 120 Å². The van der Waals surface area contributed by atoms with E-state index in [0.29, 0.717) is 42.1 Å². The molecule has 0 saturated carbocycles. The third kappa shape index (κ3) is 8.61. The first-order valence-electron chi connectivity index (χ1n) is 14.3. The van der Waals surface area contributed by atoms with Gasteiger partial charge in [0.1, 0.15) is 18.4 Å². The molecule has 1 atom stereocenters. The number of nitrogens with one attached hydrogen (secondary N) is 1. The molecule has 1 N–H and O–H groups in total. The Kier molecular flexibility index (Phi) is 11.8. The van der Waals surface area contributed by atoms with Crippen molar-refractivity contribution in [1.29, 1.82) is 0 Å². The van der Waals surface area contributed by atoms with E-state index in [-0.39, 0.29) is 11.7 Å². The lowest BCUT2D eigenvalue weighted by Crippen LogP contribution is -2.33. The summed E-state index contributed by atoms with van der Waals surface area (Å²) in [5.41, 5.74) is 3.28. The normalized spacial score (nSPS) is 11.5. The van der Waals surface area contributed by atoms with E-state index in [1.165, 1.54) is 7.11 Å². The Balaban J connectivity index is 1.42. The molecule has 44 heavy (non-hydrogen) atoms. The van der Waals surface area contributed by atoms with Gasteiger partial charge >= 0.3 is 5.97 Å². The van der Waals surface area contributed by atoms with E-state index in [4.69, 9.17) is 9.47 Å². The second-order valence-electron chi connectivity index (χ2n) is 9.85. The van der Waals surface area contributed by atoms with Gasteiger partial charge in [-0.1, -0.05) is 66.7 Å². The lowest BCUT2D eigenvalue weighted by molar-refractivity contribution is -0.141. The summed E-state index contributed by atoms with van der Waals surface area (Å²) in [7, 11) is 1.34. The first-order chi connectivity index (χ1) is 21.4. The van der Waals surface area contributed by atoms with Crippen LogP contribution in [0, 0.1) is 0 Å². The van der Waals surface area contributed by atoms with Crippen LogP contribution in [0.1, 0.15) is 28.4 Å². The predicted octanol–water partition coefficient (Wildman–Crippen LogP) is 6.82. The Bertz CT molecular complexity index is 1590. The third-order valence-corrected chi connectivity index (χ3v) is 7.64. The molecule has 0 aliphatic heterocycles. The maximum atomic E-state index is 13.2. The van der Waals surface area contributed by atoms with E-state index in [1.807, 2.05) is 86.0 Å². The molecule has 7 nitrogen and oxygen atoms in total. The van der Waals surface area contributed by atoms with E-state index in [0.717, 1.165) is 16.1 Å². The number of carbonyl (C=O) groups excluding carboxylic acids is 3. The number of amides is 1. The standard InChI is InChI=1S/C36H36N2O5S/c1-4-11-34(39)38(28-14-10-15-30(25-28)44-3)22-23-43-29-20-18-26(19-21-29)24-33(36(41)42-2)37-32-17-9-8-16-31(32)35(40)27-12-6-5-7-13-27/h4-21,25,33,37H,22-24H2,1-3H3/t33-/m0/s1. The maximum Gasteiger partial charge on any atom is 0.328 e. The number of carbonyl (C=O) groups is 3. The fourth-order valence-corrected chi connectivity index (χ4v) is 5.12. The smallest absolute Gasteiger partial charge is 0.328 e. The summed E-state index contributed by atoms with van der Waals surface area (Å²) >= 11 is 1.62. The first-order valence-corrected chi connectivity index (χ1v) is 15.5. The molecule has 0 spiro atoms. The number of allylic oxidation sites excluding steroid dienone is 1. The molecule has 0 heterocycles. The fraction of sp³-hybridized carbons (Fsp3) is 0.194. The molecule has 0 fully saturated rings. The van der Waals surface area contributed by atoms with Crippen molar-refractivity contribution in [3.05, 3.63) is 132 Å². The summed E-state index contributed by atoms with van der Waals surface area (Å²) in [6.45, 7) is 2.48. The molecule has 0 saturated heterocycles. The number of ketones is 1. The third-order valence-electron chi connectivity index (χ3n) is 6.91. The highest BCUT2D eigenvalue weighted by atomic mass is 32.2. The number of para-hydroxylation sites is 1. The van der Waals surface area contributed by atoms with Gasteiger partial charge in [-0.25, -0.2) is 4.79 Å². The van der Waals surface area contributed by atoms with Crippen LogP contribution in [-0.4, -0.2) is 50.2 Å². The van der Waals surface area contributed by atoms with Crippen molar-refractivity contribution in [2.24, 2.45) is 0 Å². The number of thioether (sulfide) groups is 1. The van der Waals surface area contributed by atoms with E-state index in [2.05, 4.69) is 5.32 Å². The maximum absolute atomic E-state index is 13.2. The number of nitrogens with zero attached hydrogens (tertiary/aromatic N) is 1. The number of hydrogen-bond acceptors (Lipinski definition) is 7. The monoisotopic (exact) mass is 608 g/mol. The average molecular weight is 609 g/mol. The van der Waals surface area contributed by atoms with Gasteiger partial charge < -0.3 is 19.7 Å². The van der Waals surface area contributed by atoms with Gasteiger partial charge in [0.2, 0.25) is 0 Å². The number of hydrogen-bond donors (Lipinski definition) is 1. The topological polar surface area (TPSA) is 84.9 Å². The SMILES string of the molecule is CC=CC(=O)N(CCOc1ccc(C[C@H](Nc2ccccc2C(=O)c2ccccc2)C(=O)OC)cc1)c1cccc(SC)c1. The first kappa shape index (κ1) is 32.1. The predicted molar refractivity (Wildman–Crippen MR) is 177 cm³/mol. The van der Waals surface area contributed by atoms with Crippen molar-refractivity contribution in [3.8, 4) is 5.75 Å². The quantitative estimate of drug-likeness (QED) is 0.0728. The number of ether oxygens (including phenoxy) is 2. The molecule has 0 aliphatic rings. The zero-order valence-corrected chi connectivity index (χ0v) is 25.9. The van der Waals surface area contributed by atoms with E-state index in [9.17, 15) is 14.4 Å². The van der Waals surface area contributed by atoms with Crippen molar-refractivity contribution in [2.75, 3.05) is 36.7 Å². The lowest BCUT2D eigenvalue weighted by Gasteiger charge is -2.22. The van der Waals surface area contributed by atoms with Crippen molar-refractivity contribution >= 4 is 40.8 Å². The fourth-order valence-electron chi connectivity index (χ4n) is 4.66. The zero-order valence-electron chi connectivity index (χ0n) is 25.1. The van der Waals surface area contributed by atoms with Crippen molar-refractivity contribution in [2.45, 2.75) is 24.3 Å². The summed E-state index contributed by atoms with van der Waals surface area (Å²) in [6, 6.07) is 30.7. The Labute approximate surface area is 262 Å². The highest BCUT2D eigenvalue weighted by Crippen LogP contribution is 2.24. The molecule has 0 radical (unpaired) electrons. The molecule has 226 valence electrons. The molecular formula is C36H36N2O5S. The van der Waals surface area contributed by atoms with Crippen LogP contribution in [0.2, 0.25) is 0 Å². The molecule has 4 aromatic rings. The number of esters is 1. The molecule has 4 aromatic carbocycles. The highest BCUT2D eigenvalue weighted by Gasteiger charge is 2.23. The Hall–Kier alpha value is -4.82. The van der Waals surface area contributed by atoms with E-state index < -0.39 is 12.0 Å².